The van der Waals surface area contributed by atoms with Crippen LogP contribution in [0.2, 0.25) is 0 Å². The Labute approximate surface area is 213 Å². The fourth-order valence-corrected chi connectivity index (χ4v) is 5.11. The average molecular weight is 508 g/mol. The predicted molar refractivity (Wildman–Crippen MR) is 138 cm³/mol. The number of hydrogen-bond donors (Lipinski definition) is 1. The summed E-state index contributed by atoms with van der Waals surface area (Å²) in [4.78, 5) is 20.7. The number of nitrogens with zero attached hydrogens (tertiary/aromatic N) is 2. The number of alkyl halides is 3. The van der Waals surface area contributed by atoms with Gasteiger partial charge in [-0.15, -0.1) is 0 Å². The summed E-state index contributed by atoms with van der Waals surface area (Å²) in [5.41, 5.74) is 2.44. The highest BCUT2D eigenvalue weighted by Gasteiger charge is 2.32. The largest absolute Gasteiger partial charge is 0.495 e. The molecule has 1 amide bonds. The molecular weight excluding hydrogens is 479 g/mol. The first-order valence-corrected chi connectivity index (χ1v) is 12.2. The normalized spacial score (nSPS) is 15.1. The number of aromatic nitrogens is 1. The van der Waals surface area contributed by atoms with Gasteiger partial charge in [-0.2, -0.15) is 13.2 Å². The fraction of sp³-hybridized carbons (Fsp3) is 0.276. The number of ether oxygens (including phenoxy) is 1. The molecule has 37 heavy (non-hydrogen) atoms. The van der Waals surface area contributed by atoms with Gasteiger partial charge >= 0.3 is 6.18 Å². The monoisotopic (exact) mass is 507 g/mol. The van der Waals surface area contributed by atoms with Crippen molar-refractivity contribution in [3.05, 3.63) is 95.7 Å². The first-order chi connectivity index (χ1) is 17.8. The SMILES string of the molecule is COc1ccccc1N1CCN(C(=O)C[C@@H](c2cccc(C(F)(F)F)c2)c2c[nH]c3ccccc23)CC1. The molecule has 0 radical (unpaired) electrons. The van der Waals surface area contributed by atoms with E-state index in [1.807, 2.05) is 54.7 Å². The topological polar surface area (TPSA) is 48.6 Å². The van der Waals surface area contributed by atoms with Gasteiger partial charge in [0.2, 0.25) is 5.91 Å². The summed E-state index contributed by atoms with van der Waals surface area (Å²) in [5.74, 6) is 0.191. The van der Waals surface area contributed by atoms with Gasteiger partial charge in [-0.3, -0.25) is 4.79 Å². The van der Waals surface area contributed by atoms with E-state index in [0.29, 0.717) is 31.7 Å². The molecule has 1 aromatic heterocycles. The molecule has 1 aliphatic rings. The Hall–Kier alpha value is -3.94. The molecule has 1 atom stereocenters. The van der Waals surface area contributed by atoms with Gasteiger partial charge in [0.25, 0.3) is 0 Å². The third-order valence-corrected chi connectivity index (χ3v) is 7.05. The van der Waals surface area contributed by atoms with Crippen LogP contribution in [0.15, 0.2) is 79.0 Å². The summed E-state index contributed by atoms with van der Waals surface area (Å²) in [5, 5.41) is 0.902. The predicted octanol–water partition coefficient (Wildman–Crippen LogP) is 6.07. The number of H-pyrrole nitrogens is 1. The van der Waals surface area contributed by atoms with E-state index in [-0.39, 0.29) is 12.3 Å². The first-order valence-electron chi connectivity index (χ1n) is 12.2. The molecule has 2 heterocycles. The number of nitrogens with one attached hydrogen (secondary N) is 1. The molecule has 1 fully saturated rings. The molecule has 0 spiro atoms. The maximum atomic E-state index is 13.5. The zero-order valence-electron chi connectivity index (χ0n) is 20.5. The van der Waals surface area contributed by atoms with Crippen LogP contribution in [0.3, 0.4) is 0 Å². The lowest BCUT2D eigenvalue weighted by molar-refractivity contribution is -0.137. The molecule has 3 aromatic carbocycles. The van der Waals surface area contributed by atoms with Crippen LogP contribution in [0.5, 0.6) is 5.75 Å². The van der Waals surface area contributed by atoms with Crippen LogP contribution in [0.4, 0.5) is 18.9 Å². The summed E-state index contributed by atoms with van der Waals surface area (Å²) in [6, 6.07) is 20.7. The number of amides is 1. The second-order valence-corrected chi connectivity index (χ2v) is 9.21. The molecule has 192 valence electrons. The fourth-order valence-electron chi connectivity index (χ4n) is 5.11. The van der Waals surface area contributed by atoms with Crippen molar-refractivity contribution in [3.8, 4) is 5.75 Å². The van der Waals surface area contributed by atoms with Gasteiger partial charge in [0, 0.05) is 55.6 Å². The molecule has 0 bridgehead atoms. The molecule has 4 aromatic rings. The van der Waals surface area contributed by atoms with E-state index in [9.17, 15) is 18.0 Å². The molecule has 8 heteroatoms. The van der Waals surface area contributed by atoms with Gasteiger partial charge < -0.3 is 19.5 Å². The molecule has 1 N–H and O–H groups in total. The summed E-state index contributed by atoms with van der Waals surface area (Å²) >= 11 is 0. The highest BCUT2D eigenvalue weighted by atomic mass is 19.4. The van der Waals surface area contributed by atoms with E-state index in [2.05, 4.69) is 9.88 Å². The maximum Gasteiger partial charge on any atom is 0.416 e. The van der Waals surface area contributed by atoms with Crippen molar-refractivity contribution >= 4 is 22.5 Å². The Morgan fingerprint density at radius 3 is 2.46 bits per heavy atom. The zero-order valence-corrected chi connectivity index (χ0v) is 20.5. The quantitative estimate of drug-likeness (QED) is 0.345. The van der Waals surface area contributed by atoms with Crippen LogP contribution < -0.4 is 9.64 Å². The number of carbonyl (C=O) groups is 1. The number of para-hydroxylation sites is 3. The van der Waals surface area contributed by atoms with Crippen molar-refractivity contribution in [2.45, 2.75) is 18.5 Å². The molecule has 1 aliphatic heterocycles. The summed E-state index contributed by atoms with van der Waals surface area (Å²) in [6.45, 7) is 2.35. The number of hydrogen-bond acceptors (Lipinski definition) is 3. The first kappa shape index (κ1) is 24.7. The van der Waals surface area contributed by atoms with E-state index in [0.717, 1.165) is 34.0 Å². The van der Waals surface area contributed by atoms with Crippen molar-refractivity contribution < 1.29 is 22.7 Å². The highest BCUT2D eigenvalue weighted by Crippen LogP contribution is 2.37. The summed E-state index contributed by atoms with van der Waals surface area (Å²) in [7, 11) is 1.64. The minimum Gasteiger partial charge on any atom is -0.495 e. The molecule has 0 aliphatic carbocycles. The highest BCUT2D eigenvalue weighted by molar-refractivity contribution is 5.86. The van der Waals surface area contributed by atoms with Crippen LogP contribution >= 0.6 is 0 Å². The lowest BCUT2D eigenvalue weighted by Crippen LogP contribution is -2.49. The lowest BCUT2D eigenvalue weighted by atomic mass is 9.87. The Bertz CT molecular complexity index is 1390. The Morgan fingerprint density at radius 1 is 0.973 bits per heavy atom. The smallest absolute Gasteiger partial charge is 0.416 e. The zero-order chi connectivity index (χ0) is 26.0. The van der Waals surface area contributed by atoms with Gasteiger partial charge in [-0.1, -0.05) is 48.5 Å². The molecule has 5 nitrogen and oxygen atoms in total. The van der Waals surface area contributed by atoms with Crippen molar-refractivity contribution in [3.63, 3.8) is 0 Å². The molecular formula is C29H28F3N3O2. The second-order valence-electron chi connectivity index (χ2n) is 9.21. The Kier molecular flexibility index (Phi) is 6.82. The molecule has 5 rings (SSSR count). The van der Waals surface area contributed by atoms with Crippen molar-refractivity contribution in [2.75, 3.05) is 38.2 Å². The van der Waals surface area contributed by atoms with Crippen molar-refractivity contribution in [2.24, 2.45) is 0 Å². The summed E-state index contributed by atoms with van der Waals surface area (Å²) in [6.07, 6.45) is -2.57. The van der Waals surface area contributed by atoms with E-state index < -0.39 is 17.7 Å². The second kappa shape index (κ2) is 10.2. The summed E-state index contributed by atoms with van der Waals surface area (Å²) < 4.78 is 46.0. The van der Waals surface area contributed by atoms with Crippen LogP contribution in [0, 0.1) is 0 Å². The van der Waals surface area contributed by atoms with Gasteiger partial charge in [0.05, 0.1) is 18.4 Å². The third kappa shape index (κ3) is 5.14. The van der Waals surface area contributed by atoms with Gasteiger partial charge in [0.1, 0.15) is 5.75 Å². The maximum absolute atomic E-state index is 13.5. The number of carbonyl (C=O) groups excluding carboxylic acids is 1. The van der Waals surface area contributed by atoms with Crippen LogP contribution in [0.25, 0.3) is 10.9 Å². The number of halogens is 3. The van der Waals surface area contributed by atoms with Gasteiger partial charge in [-0.05, 0) is 35.4 Å². The number of benzene rings is 3. The average Bonchev–Trinajstić information content (AvgIpc) is 3.35. The van der Waals surface area contributed by atoms with Crippen molar-refractivity contribution in [1.82, 2.24) is 9.88 Å². The van der Waals surface area contributed by atoms with E-state index in [1.54, 1.807) is 18.1 Å². The van der Waals surface area contributed by atoms with Crippen LogP contribution in [-0.2, 0) is 11.0 Å². The lowest BCUT2D eigenvalue weighted by Gasteiger charge is -2.37. The number of rotatable bonds is 6. The minimum atomic E-state index is -4.46. The van der Waals surface area contributed by atoms with E-state index in [1.165, 1.54) is 12.1 Å². The van der Waals surface area contributed by atoms with Gasteiger partial charge in [0.15, 0.2) is 0 Å². The number of aromatic amines is 1. The molecule has 0 saturated carbocycles. The molecule has 0 unspecified atom stereocenters. The van der Waals surface area contributed by atoms with Crippen LogP contribution in [0.1, 0.15) is 29.0 Å². The Morgan fingerprint density at radius 2 is 1.70 bits per heavy atom. The minimum absolute atomic E-state index is 0.0765. The molecule has 1 saturated heterocycles. The van der Waals surface area contributed by atoms with Crippen LogP contribution in [-0.4, -0.2) is 49.1 Å². The third-order valence-electron chi connectivity index (χ3n) is 7.05. The van der Waals surface area contributed by atoms with E-state index in [4.69, 9.17) is 4.74 Å². The number of piperazine rings is 1. The van der Waals surface area contributed by atoms with E-state index >= 15 is 0 Å². The van der Waals surface area contributed by atoms with Crippen molar-refractivity contribution in [1.29, 1.82) is 0 Å². The Balaban J connectivity index is 1.39. The van der Waals surface area contributed by atoms with Gasteiger partial charge in [-0.25, -0.2) is 0 Å². The number of methoxy groups -OCH3 is 1. The number of anilines is 1. The standard InChI is InChI=1S/C29H28F3N3O2/c1-37-27-12-5-4-11-26(27)34-13-15-35(16-14-34)28(36)18-23(20-7-6-8-21(17-20)29(30,31)32)24-19-33-25-10-3-2-9-22(24)25/h2-12,17,19,23,33H,13-16,18H2,1H3/t23-/m0/s1. The number of fused-ring (bicyclic) bond motifs is 1.